The Morgan fingerprint density at radius 3 is 2.81 bits per heavy atom. The number of hydrogen-bond acceptors (Lipinski definition) is 7. The van der Waals surface area contributed by atoms with Crippen molar-refractivity contribution in [1.82, 2.24) is 24.6 Å². The highest BCUT2D eigenvalue weighted by atomic mass is 32.2. The molecule has 3 aromatic heterocycles. The molecular weight excluding hydrogens is 424 g/mol. The lowest BCUT2D eigenvalue weighted by molar-refractivity contribution is 0.144. The molecule has 4 rings (SSSR count). The van der Waals surface area contributed by atoms with Crippen LogP contribution in [0.2, 0.25) is 0 Å². The second-order valence-corrected chi connectivity index (χ2v) is 10.7. The summed E-state index contributed by atoms with van der Waals surface area (Å²) in [4.78, 5) is 15.1. The van der Waals surface area contributed by atoms with Gasteiger partial charge >= 0.3 is 0 Å². The van der Waals surface area contributed by atoms with Crippen LogP contribution in [0.5, 0.6) is 0 Å². The van der Waals surface area contributed by atoms with Crippen LogP contribution in [0, 0.1) is 5.92 Å². The lowest BCUT2D eigenvalue weighted by Gasteiger charge is -2.35. The van der Waals surface area contributed by atoms with E-state index >= 15 is 0 Å². The number of rotatable bonds is 5. The van der Waals surface area contributed by atoms with Crippen molar-refractivity contribution in [3.8, 4) is 11.4 Å². The van der Waals surface area contributed by atoms with Gasteiger partial charge in [-0.15, -0.1) is 0 Å². The molecule has 3 aromatic rings. The first-order chi connectivity index (χ1) is 14.8. The molecule has 11 heteroatoms. The number of imidazole rings is 1. The van der Waals surface area contributed by atoms with E-state index in [9.17, 15) is 13.0 Å². The molecule has 0 saturated carbocycles. The molecule has 8 nitrogen and oxygen atoms in total. The van der Waals surface area contributed by atoms with E-state index in [4.69, 9.17) is 0 Å². The Morgan fingerprint density at radius 1 is 1.26 bits per heavy atom. The molecule has 4 heterocycles. The summed E-state index contributed by atoms with van der Waals surface area (Å²) in [6, 6.07) is 4.54. The van der Waals surface area contributed by atoms with Crippen molar-refractivity contribution in [2.24, 2.45) is 10.3 Å². The minimum Gasteiger partial charge on any atom is -0.354 e. The molecule has 1 saturated heterocycles. The van der Waals surface area contributed by atoms with Crippen LogP contribution in [0.4, 0.5) is 14.6 Å². The van der Waals surface area contributed by atoms with E-state index in [1.165, 1.54) is 23.0 Å². The quantitative estimate of drug-likeness (QED) is 0.593. The van der Waals surface area contributed by atoms with Crippen LogP contribution in [-0.2, 0) is 9.73 Å². The summed E-state index contributed by atoms with van der Waals surface area (Å²) in [5, 5.41) is 4.01. The smallest absolute Gasteiger partial charge is 0.282 e. The fourth-order valence-corrected chi connectivity index (χ4v) is 4.74. The van der Waals surface area contributed by atoms with Gasteiger partial charge in [-0.1, -0.05) is 13.8 Å². The molecular formula is C20H25F2N7OS. The molecule has 0 radical (unpaired) electrons. The fourth-order valence-electron chi connectivity index (χ4n) is 3.81. The van der Waals surface area contributed by atoms with E-state index in [2.05, 4.69) is 36.2 Å². The van der Waals surface area contributed by atoms with Gasteiger partial charge in [0.1, 0.15) is 23.5 Å². The van der Waals surface area contributed by atoms with E-state index in [1.807, 2.05) is 6.92 Å². The van der Waals surface area contributed by atoms with Crippen LogP contribution < -0.4 is 4.90 Å². The van der Waals surface area contributed by atoms with Crippen molar-refractivity contribution in [2.75, 3.05) is 30.0 Å². The largest absolute Gasteiger partial charge is 0.354 e. The summed E-state index contributed by atoms with van der Waals surface area (Å²) in [7, 11) is -2.19. The van der Waals surface area contributed by atoms with Crippen LogP contribution in [0.1, 0.15) is 32.4 Å². The number of alkyl halides is 2. The summed E-state index contributed by atoms with van der Waals surface area (Å²) in [6.07, 6.45) is 2.92. The molecule has 0 amide bonds. The second kappa shape index (κ2) is 8.45. The van der Waals surface area contributed by atoms with E-state index in [1.54, 1.807) is 18.5 Å². The fraction of sp³-hybridized carbons (Fsp3) is 0.500. The van der Waals surface area contributed by atoms with Gasteiger partial charge in [-0.2, -0.15) is 5.10 Å². The zero-order valence-electron chi connectivity index (χ0n) is 17.7. The zero-order chi connectivity index (χ0) is 22.2. The maximum atomic E-state index is 13.1. The minimum absolute atomic E-state index is 0.0364. The maximum Gasteiger partial charge on any atom is 0.282 e. The van der Waals surface area contributed by atoms with Gasteiger partial charge in [0.05, 0.1) is 17.9 Å². The molecule has 1 fully saturated rings. The molecule has 3 unspecified atom stereocenters. The van der Waals surface area contributed by atoms with Gasteiger partial charge in [0, 0.05) is 40.9 Å². The third kappa shape index (κ3) is 4.65. The topological polar surface area (TPSA) is 88.6 Å². The summed E-state index contributed by atoms with van der Waals surface area (Å²) < 4.78 is 44.7. The molecule has 0 spiro atoms. The Balaban J connectivity index is 1.67. The Labute approximate surface area is 179 Å². The predicted molar refractivity (Wildman–Crippen MR) is 116 cm³/mol. The lowest BCUT2D eigenvalue weighted by Crippen LogP contribution is -2.42. The third-order valence-corrected chi connectivity index (χ3v) is 7.21. The Kier molecular flexibility index (Phi) is 5.87. The van der Waals surface area contributed by atoms with Crippen molar-refractivity contribution in [2.45, 2.75) is 32.7 Å². The standard InChI is InChI=1S/C20H25F2N7OS/c1-4-31(3,30)27-14-7-13(2)10-28(11-14)19-8-16(24-12-25-19)17-9-23-18-6-5-15(20(21)22)26-29(17)18/h5-6,8-9,12-14,20H,4,7,10-11H2,1-3H3. The monoisotopic (exact) mass is 449 g/mol. The van der Waals surface area contributed by atoms with Gasteiger partial charge in [0.25, 0.3) is 6.43 Å². The molecule has 0 bridgehead atoms. The average molecular weight is 450 g/mol. The average Bonchev–Trinajstić information content (AvgIpc) is 3.16. The molecule has 3 atom stereocenters. The van der Waals surface area contributed by atoms with Crippen LogP contribution in [0.3, 0.4) is 0 Å². The lowest BCUT2D eigenvalue weighted by atomic mass is 9.96. The van der Waals surface area contributed by atoms with E-state index in [0.717, 1.165) is 13.0 Å². The predicted octanol–water partition coefficient (Wildman–Crippen LogP) is 3.46. The van der Waals surface area contributed by atoms with Gasteiger partial charge in [-0.25, -0.2) is 32.6 Å². The van der Waals surface area contributed by atoms with Crippen LogP contribution >= 0.6 is 0 Å². The van der Waals surface area contributed by atoms with Gasteiger partial charge < -0.3 is 4.90 Å². The van der Waals surface area contributed by atoms with Crippen molar-refractivity contribution in [1.29, 1.82) is 0 Å². The molecule has 0 aliphatic carbocycles. The SMILES string of the molecule is CCS(C)(=O)=NC1CC(C)CN(c2cc(-c3cnc4ccc(C(F)F)nn34)ncn2)C1. The first-order valence-corrected chi connectivity index (χ1v) is 12.2. The molecule has 0 N–H and O–H groups in total. The highest BCUT2D eigenvalue weighted by Gasteiger charge is 2.27. The number of fused-ring (bicyclic) bond motifs is 1. The second-order valence-electron chi connectivity index (χ2n) is 7.99. The maximum absolute atomic E-state index is 13.1. The van der Waals surface area contributed by atoms with Gasteiger partial charge in [0.15, 0.2) is 5.65 Å². The Morgan fingerprint density at radius 2 is 2.06 bits per heavy atom. The zero-order valence-corrected chi connectivity index (χ0v) is 18.5. The summed E-state index contributed by atoms with van der Waals surface area (Å²) in [5.41, 5.74) is 1.18. The van der Waals surface area contributed by atoms with Crippen LogP contribution in [-0.4, -0.2) is 59.9 Å². The summed E-state index contributed by atoms with van der Waals surface area (Å²) >= 11 is 0. The summed E-state index contributed by atoms with van der Waals surface area (Å²) in [5.74, 6) is 1.59. The first kappa shape index (κ1) is 21.5. The molecule has 1 aliphatic rings. The van der Waals surface area contributed by atoms with Crippen molar-refractivity contribution >= 4 is 21.2 Å². The van der Waals surface area contributed by atoms with E-state index in [-0.39, 0.29) is 11.7 Å². The normalized spacial score (nSPS) is 21.4. The molecule has 1 aliphatic heterocycles. The van der Waals surface area contributed by atoms with Crippen molar-refractivity contribution in [3.63, 3.8) is 0 Å². The van der Waals surface area contributed by atoms with Gasteiger partial charge in [-0.3, -0.25) is 4.21 Å². The number of anilines is 1. The third-order valence-electron chi connectivity index (χ3n) is 5.39. The molecule has 0 aromatic carbocycles. The molecule has 31 heavy (non-hydrogen) atoms. The Hall–Kier alpha value is -2.69. The van der Waals surface area contributed by atoms with Crippen molar-refractivity contribution < 1.29 is 13.0 Å². The minimum atomic E-state index is -2.67. The van der Waals surface area contributed by atoms with E-state index in [0.29, 0.717) is 41.1 Å². The first-order valence-electron chi connectivity index (χ1n) is 10.1. The van der Waals surface area contributed by atoms with E-state index < -0.39 is 16.2 Å². The summed E-state index contributed by atoms with van der Waals surface area (Å²) in [6.45, 7) is 5.43. The Bertz CT molecular complexity index is 1210. The number of halogens is 2. The highest BCUT2D eigenvalue weighted by Crippen LogP contribution is 2.27. The number of aromatic nitrogens is 5. The van der Waals surface area contributed by atoms with Crippen molar-refractivity contribution in [3.05, 3.63) is 36.4 Å². The van der Waals surface area contributed by atoms with Crippen LogP contribution in [0.15, 0.2) is 35.1 Å². The molecule has 166 valence electrons. The van der Waals surface area contributed by atoms with Crippen LogP contribution in [0.25, 0.3) is 17.0 Å². The highest BCUT2D eigenvalue weighted by molar-refractivity contribution is 7.92. The van der Waals surface area contributed by atoms with Gasteiger partial charge in [0.2, 0.25) is 0 Å². The number of hydrogen-bond donors (Lipinski definition) is 0. The number of nitrogens with zero attached hydrogens (tertiary/aromatic N) is 7. The van der Waals surface area contributed by atoms with Gasteiger partial charge in [-0.05, 0) is 24.5 Å². The number of piperidine rings is 1.